The predicted octanol–water partition coefficient (Wildman–Crippen LogP) is 1.80. The maximum atomic E-state index is 11.7. The minimum atomic E-state index is 0.0141. The van der Waals surface area contributed by atoms with E-state index < -0.39 is 0 Å². The van der Waals surface area contributed by atoms with Gasteiger partial charge in [0.05, 0.1) is 18.7 Å². The SMILES string of the molecule is CC(=O)c1ccc2c(c1)nc(N1CCOCC1)c1nc(N)ncc12. The van der Waals surface area contributed by atoms with E-state index in [1.54, 1.807) is 19.2 Å². The van der Waals surface area contributed by atoms with E-state index in [2.05, 4.69) is 14.9 Å². The standard InChI is InChI=1S/C17H17N5O2/c1-10(23)11-2-3-12-13-9-19-17(18)21-15(13)16(20-14(12)8-11)22-4-6-24-7-5-22/h2-3,8-9H,4-7H2,1H3,(H2,18,19,21). The number of aromatic nitrogens is 3. The maximum Gasteiger partial charge on any atom is 0.220 e. The first kappa shape index (κ1) is 14.8. The average molecular weight is 323 g/mol. The third-order valence-corrected chi connectivity index (χ3v) is 4.25. The van der Waals surface area contributed by atoms with Crippen LogP contribution >= 0.6 is 0 Å². The summed E-state index contributed by atoms with van der Waals surface area (Å²) >= 11 is 0. The summed E-state index contributed by atoms with van der Waals surface area (Å²) in [6, 6.07) is 5.51. The van der Waals surface area contributed by atoms with Gasteiger partial charge >= 0.3 is 0 Å². The van der Waals surface area contributed by atoms with E-state index in [4.69, 9.17) is 15.5 Å². The molecular weight excluding hydrogens is 306 g/mol. The van der Waals surface area contributed by atoms with Crippen LogP contribution in [0.5, 0.6) is 0 Å². The number of fused-ring (bicyclic) bond motifs is 3. The summed E-state index contributed by atoms with van der Waals surface area (Å²) in [4.78, 5) is 27.2. The number of nitrogens with zero attached hydrogens (tertiary/aromatic N) is 4. The minimum Gasteiger partial charge on any atom is -0.378 e. The Bertz CT molecular complexity index is 951. The van der Waals surface area contributed by atoms with Crippen molar-refractivity contribution >= 4 is 39.4 Å². The number of carbonyl (C=O) groups is 1. The molecule has 4 rings (SSSR count). The molecule has 1 aromatic carbocycles. The number of rotatable bonds is 2. The highest BCUT2D eigenvalue weighted by Gasteiger charge is 2.19. The van der Waals surface area contributed by atoms with Crippen molar-refractivity contribution in [2.45, 2.75) is 6.92 Å². The quantitative estimate of drug-likeness (QED) is 0.567. The van der Waals surface area contributed by atoms with Crippen LogP contribution in [-0.4, -0.2) is 47.0 Å². The van der Waals surface area contributed by atoms with Crippen LogP contribution in [0.4, 0.5) is 11.8 Å². The molecule has 1 aliphatic rings. The molecule has 0 aliphatic carbocycles. The van der Waals surface area contributed by atoms with E-state index in [-0.39, 0.29) is 11.7 Å². The number of ketones is 1. The summed E-state index contributed by atoms with van der Waals surface area (Å²) in [5, 5.41) is 1.79. The van der Waals surface area contributed by atoms with Crippen LogP contribution < -0.4 is 10.6 Å². The van der Waals surface area contributed by atoms with Crippen molar-refractivity contribution in [3.05, 3.63) is 30.0 Å². The van der Waals surface area contributed by atoms with E-state index in [1.165, 1.54) is 0 Å². The number of carbonyl (C=O) groups excluding carboxylic acids is 1. The number of anilines is 2. The fourth-order valence-corrected chi connectivity index (χ4v) is 3.00. The van der Waals surface area contributed by atoms with Crippen LogP contribution in [0, 0.1) is 0 Å². The van der Waals surface area contributed by atoms with Gasteiger partial charge < -0.3 is 15.4 Å². The van der Waals surface area contributed by atoms with Crippen molar-refractivity contribution in [2.24, 2.45) is 0 Å². The molecule has 122 valence electrons. The molecule has 1 aliphatic heterocycles. The summed E-state index contributed by atoms with van der Waals surface area (Å²) in [5.41, 5.74) is 7.91. The molecule has 1 saturated heterocycles. The van der Waals surface area contributed by atoms with E-state index in [0.29, 0.717) is 18.8 Å². The second-order valence-corrected chi connectivity index (χ2v) is 5.81. The average Bonchev–Trinajstić information content (AvgIpc) is 2.61. The van der Waals surface area contributed by atoms with Crippen molar-refractivity contribution in [1.82, 2.24) is 15.0 Å². The molecule has 3 aromatic rings. The van der Waals surface area contributed by atoms with Crippen molar-refractivity contribution in [2.75, 3.05) is 36.9 Å². The largest absolute Gasteiger partial charge is 0.378 e. The molecule has 0 saturated carbocycles. The van der Waals surface area contributed by atoms with Crippen molar-refractivity contribution in [3.63, 3.8) is 0 Å². The van der Waals surface area contributed by atoms with Crippen LogP contribution in [0.25, 0.3) is 21.8 Å². The van der Waals surface area contributed by atoms with Gasteiger partial charge in [0.2, 0.25) is 5.95 Å². The number of ether oxygens (including phenoxy) is 1. The van der Waals surface area contributed by atoms with Crippen LogP contribution in [0.15, 0.2) is 24.4 Å². The topological polar surface area (TPSA) is 94.2 Å². The summed E-state index contributed by atoms with van der Waals surface area (Å²) in [6.07, 6.45) is 1.72. The number of benzene rings is 1. The van der Waals surface area contributed by atoms with Gasteiger partial charge in [-0.1, -0.05) is 12.1 Å². The molecule has 0 bridgehead atoms. The number of hydrogen-bond donors (Lipinski definition) is 1. The number of morpholine rings is 1. The molecule has 2 N–H and O–H groups in total. The Balaban J connectivity index is 2.02. The van der Waals surface area contributed by atoms with Gasteiger partial charge in [-0.05, 0) is 13.0 Å². The number of nitrogens with two attached hydrogens (primary N) is 1. The zero-order chi connectivity index (χ0) is 16.7. The summed E-state index contributed by atoms with van der Waals surface area (Å²) in [7, 11) is 0. The lowest BCUT2D eigenvalue weighted by molar-refractivity contribution is 0.101. The molecule has 7 heteroatoms. The Morgan fingerprint density at radius 1 is 1.21 bits per heavy atom. The first-order valence-electron chi connectivity index (χ1n) is 7.83. The summed E-state index contributed by atoms with van der Waals surface area (Å²) in [6.45, 7) is 4.33. The number of pyridine rings is 1. The highest BCUT2D eigenvalue weighted by Crippen LogP contribution is 2.31. The summed E-state index contributed by atoms with van der Waals surface area (Å²) < 4.78 is 5.42. The molecule has 1 fully saturated rings. The molecule has 0 radical (unpaired) electrons. The van der Waals surface area contributed by atoms with Gasteiger partial charge in [0.25, 0.3) is 0 Å². The molecule has 2 aromatic heterocycles. The van der Waals surface area contributed by atoms with Gasteiger partial charge in [0.15, 0.2) is 11.6 Å². The lowest BCUT2D eigenvalue weighted by Gasteiger charge is -2.28. The molecule has 24 heavy (non-hydrogen) atoms. The fraction of sp³-hybridized carbons (Fsp3) is 0.294. The lowest BCUT2D eigenvalue weighted by atomic mass is 10.1. The Morgan fingerprint density at radius 3 is 2.75 bits per heavy atom. The van der Waals surface area contributed by atoms with E-state index in [0.717, 1.165) is 40.7 Å². The Morgan fingerprint density at radius 2 is 2.00 bits per heavy atom. The van der Waals surface area contributed by atoms with Gasteiger partial charge in [-0.15, -0.1) is 0 Å². The summed E-state index contributed by atoms with van der Waals surface area (Å²) in [5.74, 6) is 0.995. The van der Waals surface area contributed by atoms with Crippen molar-refractivity contribution in [1.29, 1.82) is 0 Å². The number of nitrogen functional groups attached to an aromatic ring is 1. The number of hydrogen-bond acceptors (Lipinski definition) is 7. The zero-order valence-corrected chi connectivity index (χ0v) is 13.3. The Hall–Kier alpha value is -2.80. The Labute approximate surface area is 138 Å². The van der Waals surface area contributed by atoms with Gasteiger partial charge in [0.1, 0.15) is 5.52 Å². The minimum absolute atomic E-state index is 0.0141. The molecular formula is C17H17N5O2. The highest BCUT2D eigenvalue weighted by molar-refractivity contribution is 6.10. The highest BCUT2D eigenvalue weighted by atomic mass is 16.5. The third kappa shape index (κ3) is 2.43. The van der Waals surface area contributed by atoms with Gasteiger partial charge in [-0.3, -0.25) is 4.79 Å². The van der Waals surface area contributed by atoms with Crippen LogP contribution in [0.3, 0.4) is 0 Å². The monoisotopic (exact) mass is 323 g/mol. The number of Topliss-reactive ketones (excluding diaryl/α,β-unsaturated/α-hetero) is 1. The van der Waals surface area contributed by atoms with Gasteiger partial charge in [-0.2, -0.15) is 0 Å². The normalized spacial score (nSPS) is 15.1. The van der Waals surface area contributed by atoms with Gasteiger partial charge in [0, 0.05) is 35.6 Å². The third-order valence-electron chi connectivity index (χ3n) is 4.25. The van der Waals surface area contributed by atoms with Crippen molar-refractivity contribution in [3.8, 4) is 0 Å². The molecule has 0 atom stereocenters. The lowest BCUT2D eigenvalue weighted by Crippen LogP contribution is -2.37. The Kier molecular flexibility index (Phi) is 3.50. The maximum absolute atomic E-state index is 11.7. The van der Waals surface area contributed by atoms with Crippen LogP contribution in [0.2, 0.25) is 0 Å². The zero-order valence-electron chi connectivity index (χ0n) is 13.3. The van der Waals surface area contributed by atoms with E-state index in [9.17, 15) is 4.79 Å². The predicted molar refractivity (Wildman–Crippen MR) is 92.3 cm³/mol. The second-order valence-electron chi connectivity index (χ2n) is 5.81. The molecule has 0 spiro atoms. The van der Waals surface area contributed by atoms with Crippen molar-refractivity contribution < 1.29 is 9.53 Å². The smallest absolute Gasteiger partial charge is 0.220 e. The van der Waals surface area contributed by atoms with Crippen LogP contribution in [0.1, 0.15) is 17.3 Å². The molecule has 0 unspecified atom stereocenters. The molecule has 0 amide bonds. The second kappa shape index (κ2) is 5.68. The van der Waals surface area contributed by atoms with E-state index >= 15 is 0 Å². The fourth-order valence-electron chi connectivity index (χ4n) is 3.00. The van der Waals surface area contributed by atoms with Crippen LogP contribution in [-0.2, 0) is 4.74 Å². The molecule has 7 nitrogen and oxygen atoms in total. The molecule has 3 heterocycles. The first-order valence-corrected chi connectivity index (χ1v) is 7.83. The van der Waals surface area contributed by atoms with E-state index in [1.807, 2.05) is 12.1 Å². The van der Waals surface area contributed by atoms with Gasteiger partial charge in [-0.25, -0.2) is 15.0 Å². The first-order chi connectivity index (χ1) is 11.6.